The minimum absolute atomic E-state index is 0.0279. The average Bonchev–Trinajstić information content (AvgIpc) is 3.30. The number of amides is 2. The van der Waals surface area contributed by atoms with Gasteiger partial charge in [-0.25, -0.2) is 0 Å². The van der Waals surface area contributed by atoms with Gasteiger partial charge in [-0.3, -0.25) is 9.59 Å². The molecule has 1 aliphatic carbocycles. The van der Waals surface area contributed by atoms with E-state index in [2.05, 4.69) is 20.1 Å². The molecule has 0 spiro atoms. The molecule has 0 radical (unpaired) electrons. The number of hydrogen-bond acceptors (Lipinski definition) is 4. The summed E-state index contributed by atoms with van der Waals surface area (Å²) in [6.45, 7) is 1.91. The number of fused-ring (bicyclic) bond motifs is 1. The molecule has 0 aromatic carbocycles. The van der Waals surface area contributed by atoms with Gasteiger partial charge in [0, 0.05) is 32.0 Å². The van der Waals surface area contributed by atoms with Gasteiger partial charge in [0.05, 0.1) is 12.5 Å². The van der Waals surface area contributed by atoms with Crippen LogP contribution in [0, 0.1) is 5.92 Å². The Hall–Kier alpha value is -1.92. The second-order valence-electron chi connectivity index (χ2n) is 7.60. The third-order valence-corrected chi connectivity index (χ3v) is 5.90. The Kier molecular flexibility index (Phi) is 4.72. The van der Waals surface area contributed by atoms with Crippen LogP contribution in [0.3, 0.4) is 0 Å². The Bertz CT molecular complexity index is 650. The molecule has 2 aliphatic heterocycles. The molecule has 2 fully saturated rings. The van der Waals surface area contributed by atoms with Crippen molar-refractivity contribution < 1.29 is 9.59 Å². The van der Waals surface area contributed by atoms with Crippen LogP contribution in [0.2, 0.25) is 0 Å². The van der Waals surface area contributed by atoms with Crippen molar-refractivity contribution >= 4 is 11.8 Å². The molecular formula is C18H27N5O2. The van der Waals surface area contributed by atoms with Gasteiger partial charge >= 0.3 is 0 Å². The summed E-state index contributed by atoms with van der Waals surface area (Å²) in [4.78, 5) is 26.7. The Labute approximate surface area is 148 Å². The van der Waals surface area contributed by atoms with Crippen LogP contribution in [-0.4, -0.2) is 44.1 Å². The summed E-state index contributed by atoms with van der Waals surface area (Å²) in [7, 11) is 0. The van der Waals surface area contributed by atoms with E-state index in [0.717, 1.165) is 50.3 Å². The Morgan fingerprint density at radius 2 is 1.96 bits per heavy atom. The molecule has 1 atom stereocenters. The number of aromatic nitrogens is 3. The first-order valence-corrected chi connectivity index (χ1v) is 9.70. The third-order valence-electron chi connectivity index (χ3n) is 5.90. The predicted octanol–water partition coefficient (Wildman–Crippen LogP) is 1.41. The van der Waals surface area contributed by atoms with Crippen molar-refractivity contribution in [2.45, 2.75) is 76.9 Å². The van der Waals surface area contributed by atoms with Crippen molar-refractivity contribution in [3.63, 3.8) is 0 Å². The molecule has 136 valence electrons. The highest BCUT2D eigenvalue weighted by molar-refractivity contribution is 5.89. The average molecular weight is 345 g/mol. The van der Waals surface area contributed by atoms with Crippen molar-refractivity contribution in [2.24, 2.45) is 5.92 Å². The zero-order valence-electron chi connectivity index (χ0n) is 14.7. The maximum Gasteiger partial charge on any atom is 0.225 e. The van der Waals surface area contributed by atoms with Crippen LogP contribution in [0.4, 0.5) is 0 Å². The summed E-state index contributed by atoms with van der Waals surface area (Å²) < 4.78 is 2.15. The molecule has 4 rings (SSSR count). The highest BCUT2D eigenvalue weighted by Crippen LogP contribution is 2.29. The van der Waals surface area contributed by atoms with Crippen LogP contribution >= 0.6 is 0 Å². The molecule has 25 heavy (non-hydrogen) atoms. The fourth-order valence-electron chi connectivity index (χ4n) is 4.46. The van der Waals surface area contributed by atoms with Crippen molar-refractivity contribution in [1.82, 2.24) is 25.0 Å². The maximum atomic E-state index is 12.5. The summed E-state index contributed by atoms with van der Waals surface area (Å²) in [5.41, 5.74) is 0. The molecule has 1 aromatic rings. The van der Waals surface area contributed by atoms with Crippen LogP contribution in [0.15, 0.2) is 0 Å². The molecule has 1 N–H and O–H groups in total. The lowest BCUT2D eigenvalue weighted by Gasteiger charge is -2.23. The van der Waals surface area contributed by atoms with Gasteiger partial charge in [-0.2, -0.15) is 0 Å². The first-order chi connectivity index (χ1) is 12.2. The number of nitrogens with one attached hydrogen (secondary N) is 1. The van der Waals surface area contributed by atoms with Crippen molar-refractivity contribution in [3.05, 3.63) is 11.6 Å². The first-order valence-electron chi connectivity index (χ1n) is 9.70. The highest BCUT2D eigenvalue weighted by Gasteiger charge is 2.38. The molecule has 2 amide bonds. The normalized spacial score (nSPS) is 24.4. The van der Waals surface area contributed by atoms with E-state index in [4.69, 9.17) is 0 Å². The van der Waals surface area contributed by atoms with Gasteiger partial charge in [0.25, 0.3) is 0 Å². The molecule has 7 nitrogen and oxygen atoms in total. The molecule has 0 bridgehead atoms. The monoisotopic (exact) mass is 345 g/mol. The van der Waals surface area contributed by atoms with Gasteiger partial charge in [-0.05, 0) is 25.7 Å². The number of hydrogen-bond donors (Lipinski definition) is 1. The standard InChI is InChI=1S/C18H27N5O2/c24-17-10-13(12-23(17)14-6-3-4-7-14)18(25)19-11-16-21-20-15-8-2-1-5-9-22(15)16/h13-14H,1-12H2,(H,19,25)/t13-/m0/s1. The molecule has 1 saturated carbocycles. The Morgan fingerprint density at radius 1 is 1.12 bits per heavy atom. The smallest absolute Gasteiger partial charge is 0.225 e. The fraction of sp³-hybridized carbons (Fsp3) is 0.778. The number of carbonyl (C=O) groups is 2. The van der Waals surface area contributed by atoms with E-state index >= 15 is 0 Å². The van der Waals surface area contributed by atoms with Gasteiger partial charge < -0.3 is 14.8 Å². The van der Waals surface area contributed by atoms with Crippen molar-refractivity contribution in [2.75, 3.05) is 6.54 Å². The summed E-state index contributed by atoms with van der Waals surface area (Å²) >= 11 is 0. The third kappa shape index (κ3) is 3.41. The van der Waals surface area contributed by atoms with Crippen molar-refractivity contribution in [1.29, 1.82) is 0 Å². The molecule has 1 aromatic heterocycles. The summed E-state index contributed by atoms with van der Waals surface area (Å²) in [5, 5.41) is 11.5. The van der Waals surface area contributed by atoms with Crippen LogP contribution in [0.1, 0.15) is 63.0 Å². The quantitative estimate of drug-likeness (QED) is 0.895. The molecular weight excluding hydrogens is 318 g/mol. The summed E-state index contributed by atoms with van der Waals surface area (Å²) in [6.07, 6.45) is 9.40. The molecule has 3 heterocycles. The van der Waals surface area contributed by atoms with E-state index in [1.165, 1.54) is 19.3 Å². The number of likely N-dealkylation sites (tertiary alicyclic amines) is 1. The largest absolute Gasteiger partial charge is 0.348 e. The molecule has 0 unspecified atom stereocenters. The van der Waals surface area contributed by atoms with E-state index in [0.29, 0.717) is 25.6 Å². The zero-order valence-corrected chi connectivity index (χ0v) is 14.7. The lowest BCUT2D eigenvalue weighted by atomic mass is 10.1. The molecule has 1 saturated heterocycles. The van der Waals surface area contributed by atoms with E-state index in [1.54, 1.807) is 0 Å². The van der Waals surface area contributed by atoms with E-state index in [-0.39, 0.29) is 17.7 Å². The predicted molar refractivity (Wildman–Crippen MR) is 91.5 cm³/mol. The Balaban J connectivity index is 1.34. The van der Waals surface area contributed by atoms with E-state index < -0.39 is 0 Å². The van der Waals surface area contributed by atoms with E-state index in [1.807, 2.05) is 4.90 Å². The van der Waals surface area contributed by atoms with Crippen LogP contribution in [0.25, 0.3) is 0 Å². The second kappa shape index (κ2) is 7.14. The molecule has 7 heteroatoms. The van der Waals surface area contributed by atoms with Gasteiger partial charge in [0.1, 0.15) is 5.82 Å². The van der Waals surface area contributed by atoms with Crippen LogP contribution in [0.5, 0.6) is 0 Å². The topological polar surface area (TPSA) is 80.1 Å². The number of nitrogens with zero attached hydrogens (tertiary/aromatic N) is 4. The van der Waals surface area contributed by atoms with Crippen molar-refractivity contribution in [3.8, 4) is 0 Å². The summed E-state index contributed by atoms with van der Waals surface area (Å²) in [5.74, 6) is 1.76. The highest BCUT2D eigenvalue weighted by atomic mass is 16.2. The summed E-state index contributed by atoms with van der Waals surface area (Å²) in [6, 6.07) is 0.359. The lowest BCUT2D eigenvalue weighted by Crippen LogP contribution is -2.37. The van der Waals surface area contributed by atoms with Gasteiger partial charge in [0.15, 0.2) is 5.82 Å². The van der Waals surface area contributed by atoms with E-state index in [9.17, 15) is 9.59 Å². The van der Waals surface area contributed by atoms with Crippen LogP contribution < -0.4 is 5.32 Å². The number of aryl methyl sites for hydroxylation is 1. The lowest BCUT2D eigenvalue weighted by molar-refractivity contribution is -0.130. The SMILES string of the molecule is O=C(NCc1nnc2n1CCCCC2)[C@H]1CC(=O)N(C2CCCC2)C1. The maximum absolute atomic E-state index is 12.5. The van der Waals surface area contributed by atoms with Gasteiger partial charge in [-0.15, -0.1) is 10.2 Å². The van der Waals surface area contributed by atoms with Crippen LogP contribution in [-0.2, 0) is 29.1 Å². The van der Waals surface area contributed by atoms with Gasteiger partial charge in [-0.1, -0.05) is 19.3 Å². The number of carbonyl (C=O) groups excluding carboxylic acids is 2. The molecule has 3 aliphatic rings. The zero-order chi connectivity index (χ0) is 17.2. The first kappa shape index (κ1) is 16.5. The number of rotatable bonds is 4. The Morgan fingerprint density at radius 3 is 2.80 bits per heavy atom. The minimum Gasteiger partial charge on any atom is -0.348 e. The minimum atomic E-state index is -0.223. The second-order valence-corrected chi connectivity index (χ2v) is 7.60. The van der Waals surface area contributed by atoms with Gasteiger partial charge in [0.2, 0.25) is 11.8 Å². The fourth-order valence-corrected chi connectivity index (χ4v) is 4.46.